The first-order valence-electron chi connectivity index (χ1n) is 9.04. The van der Waals surface area contributed by atoms with Gasteiger partial charge in [-0.05, 0) is 54.8 Å². The maximum Gasteiger partial charge on any atom is 0.253 e. The van der Waals surface area contributed by atoms with E-state index in [2.05, 4.69) is 10.2 Å². The second-order valence-corrected chi connectivity index (χ2v) is 7.07. The molecule has 1 atom stereocenters. The fourth-order valence-electron chi connectivity index (χ4n) is 3.28. The molecular weight excluding hydrogens is 345 g/mol. The van der Waals surface area contributed by atoms with Crippen LogP contribution in [0.25, 0.3) is 0 Å². The average Bonchev–Trinajstić information content (AvgIpc) is 3.15. The molecule has 5 nitrogen and oxygen atoms in total. The minimum Gasteiger partial charge on any atom is -0.371 e. The van der Waals surface area contributed by atoms with E-state index in [9.17, 15) is 14.0 Å². The molecule has 3 rings (SSSR count). The van der Waals surface area contributed by atoms with E-state index in [4.69, 9.17) is 0 Å². The number of carbonyl (C=O) groups is 2. The summed E-state index contributed by atoms with van der Waals surface area (Å²) >= 11 is 0. The Kier molecular flexibility index (Phi) is 5.74. The number of anilines is 1. The van der Waals surface area contributed by atoms with Crippen molar-refractivity contribution in [2.75, 3.05) is 38.6 Å². The first kappa shape index (κ1) is 18.9. The van der Waals surface area contributed by atoms with Crippen molar-refractivity contribution in [3.05, 3.63) is 65.5 Å². The van der Waals surface area contributed by atoms with E-state index in [1.54, 1.807) is 50.5 Å². The van der Waals surface area contributed by atoms with Crippen molar-refractivity contribution in [1.82, 2.24) is 10.2 Å². The number of benzene rings is 2. The van der Waals surface area contributed by atoms with Crippen molar-refractivity contribution < 1.29 is 14.0 Å². The van der Waals surface area contributed by atoms with Crippen molar-refractivity contribution in [3.63, 3.8) is 0 Å². The second kappa shape index (κ2) is 8.20. The molecule has 142 valence electrons. The molecule has 0 radical (unpaired) electrons. The summed E-state index contributed by atoms with van der Waals surface area (Å²) in [7, 11) is 3.37. The van der Waals surface area contributed by atoms with Gasteiger partial charge in [-0.15, -0.1) is 0 Å². The summed E-state index contributed by atoms with van der Waals surface area (Å²) in [6.07, 6.45) is 0.969. The van der Waals surface area contributed by atoms with Gasteiger partial charge in [-0.25, -0.2) is 4.39 Å². The lowest BCUT2D eigenvalue weighted by molar-refractivity contribution is 0.0827. The molecule has 27 heavy (non-hydrogen) atoms. The number of amides is 2. The smallest absolute Gasteiger partial charge is 0.253 e. The van der Waals surface area contributed by atoms with Gasteiger partial charge in [0.2, 0.25) is 0 Å². The van der Waals surface area contributed by atoms with E-state index in [-0.39, 0.29) is 17.6 Å². The van der Waals surface area contributed by atoms with E-state index in [1.807, 2.05) is 0 Å². The molecule has 1 fully saturated rings. The van der Waals surface area contributed by atoms with Crippen molar-refractivity contribution in [1.29, 1.82) is 0 Å². The summed E-state index contributed by atoms with van der Waals surface area (Å²) < 4.78 is 13.1. The zero-order valence-electron chi connectivity index (χ0n) is 15.6. The molecule has 2 amide bonds. The molecule has 0 aromatic heterocycles. The zero-order chi connectivity index (χ0) is 19.4. The molecule has 1 heterocycles. The zero-order valence-corrected chi connectivity index (χ0v) is 15.6. The van der Waals surface area contributed by atoms with Crippen molar-refractivity contribution in [2.24, 2.45) is 5.92 Å². The van der Waals surface area contributed by atoms with Crippen molar-refractivity contribution >= 4 is 17.5 Å². The maximum absolute atomic E-state index is 13.1. The lowest BCUT2D eigenvalue weighted by Crippen LogP contribution is -2.31. The van der Waals surface area contributed by atoms with Crippen molar-refractivity contribution in [3.8, 4) is 0 Å². The van der Waals surface area contributed by atoms with Gasteiger partial charge < -0.3 is 15.1 Å². The van der Waals surface area contributed by atoms with Crippen LogP contribution in [0.15, 0.2) is 48.5 Å². The first-order valence-corrected chi connectivity index (χ1v) is 9.04. The van der Waals surface area contributed by atoms with Crippen LogP contribution in [-0.4, -0.2) is 50.4 Å². The Bertz CT molecular complexity index is 820. The van der Waals surface area contributed by atoms with Crippen LogP contribution in [0.3, 0.4) is 0 Å². The fourth-order valence-corrected chi connectivity index (χ4v) is 3.28. The number of halogens is 1. The van der Waals surface area contributed by atoms with Crippen LogP contribution >= 0.6 is 0 Å². The lowest BCUT2D eigenvalue weighted by atomic mass is 10.1. The molecule has 1 unspecified atom stereocenters. The molecule has 2 aromatic carbocycles. The van der Waals surface area contributed by atoms with E-state index < -0.39 is 0 Å². The predicted molar refractivity (Wildman–Crippen MR) is 104 cm³/mol. The summed E-state index contributed by atoms with van der Waals surface area (Å²) in [5.74, 6) is -0.207. The molecule has 2 aromatic rings. The van der Waals surface area contributed by atoms with Crippen LogP contribution in [0.2, 0.25) is 0 Å². The summed E-state index contributed by atoms with van der Waals surface area (Å²) in [5.41, 5.74) is 1.98. The molecular formula is C21H24FN3O2. The van der Waals surface area contributed by atoms with E-state index in [0.29, 0.717) is 23.6 Å². The van der Waals surface area contributed by atoms with Crippen molar-refractivity contribution in [2.45, 2.75) is 6.42 Å². The van der Waals surface area contributed by atoms with Gasteiger partial charge in [0.25, 0.3) is 11.8 Å². The summed E-state index contributed by atoms with van der Waals surface area (Å²) in [6.45, 7) is 2.28. The standard InChI is InChI=1S/C21H24FN3O2/c1-24(2)21(27)17-5-3-4-16(12-17)20(26)23-13-15-10-11-25(14-15)19-8-6-18(22)7-9-19/h3-9,12,15H,10-11,13-14H2,1-2H3,(H,23,26). The molecule has 1 aliphatic rings. The minimum absolute atomic E-state index is 0.129. The van der Waals surface area contributed by atoms with E-state index >= 15 is 0 Å². The summed E-state index contributed by atoms with van der Waals surface area (Å²) in [4.78, 5) is 28.2. The maximum atomic E-state index is 13.1. The summed E-state index contributed by atoms with van der Waals surface area (Å²) in [6, 6.07) is 13.2. The van der Waals surface area contributed by atoms with E-state index in [1.165, 1.54) is 17.0 Å². The number of nitrogens with zero attached hydrogens (tertiary/aromatic N) is 2. The first-order chi connectivity index (χ1) is 12.9. The number of hydrogen-bond donors (Lipinski definition) is 1. The minimum atomic E-state index is -0.239. The Morgan fingerprint density at radius 3 is 2.56 bits per heavy atom. The van der Waals surface area contributed by atoms with Gasteiger partial charge in [0.1, 0.15) is 5.82 Å². The van der Waals surface area contributed by atoms with Crippen LogP contribution < -0.4 is 10.2 Å². The molecule has 1 N–H and O–H groups in total. The molecule has 0 saturated carbocycles. The number of nitrogens with one attached hydrogen (secondary N) is 1. The fraction of sp³-hybridized carbons (Fsp3) is 0.333. The number of rotatable bonds is 5. The third kappa shape index (κ3) is 4.64. The SMILES string of the molecule is CN(C)C(=O)c1cccc(C(=O)NCC2CCN(c3ccc(F)cc3)C2)c1. The Balaban J connectivity index is 1.55. The van der Waals surface area contributed by atoms with Gasteiger partial charge in [0.15, 0.2) is 0 Å². The van der Waals surface area contributed by atoms with Crippen LogP contribution in [0.5, 0.6) is 0 Å². The Morgan fingerprint density at radius 2 is 1.85 bits per heavy atom. The largest absolute Gasteiger partial charge is 0.371 e. The van der Waals surface area contributed by atoms with Gasteiger partial charge in [0, 0.05) is 50.5 Å². The molecule has 1 saturated heterocycles. The van der Waals surface area contributed by atoms with Crippen LogP contribution in [0, 0.1) is 11.7 Å². The van der Waals surface area contributed by atoms with Gasteiger partial charge in [-0.3, -0.25) is 9.59 Å². The highest BCUT2D eigenvalue weighted by molar-refractivity contribution is 5.99. The second-order valence-electron chi connectivity index (χ2n) is 7.07. The Hall–Kier alpha value is -2.89. The Labute approximate surface area is 158 Å². The van der Waals surface area contributed by atoms with Gasteiger partial charge in [-0.1, -0.05) is 6.07 Å². The Morgan fingerprint density at radius 1 is 1.15 bits per heavy atom. The molecule has 0 spiro atoms. The van der Waals surface area contributed by atoms with Gasteiger partial charge in [-0.2, -0.15) is 0 Å². The van der Waals surface area contributed by atoms with E-state index in [0.717, 1.165) is 25.2 Å². The molecule has 0 aliphatic carbocycles. The number of carbonyl (C=O) groups excluding carboxylic acids is 2. The van der Waals surface area contributed by atoms with Crippen LogP contribution in [0.4, 0.5) is 10.1 Å². The third-order valence-electron chi connectivity index (χ3n) is 4.81. The number of hydrogen-bond acceptors (Lipinski definition) is 3. The van der Waals surface area contributed by atoms with Crippen LogP contribution in [0.1, 0.15) is 27.1 Å². The highest BCUT2D eigenvalue weighted by Gasteiger charge is 2.23. The van der Waals surface area contributed by atoms with Gasteiger partial charge in [0.05, 0.1) is 0 Å². The summed E-state index contributed by atoms with van der Waals surface area (Å²) in [5, 5.41) is 2.97. The molecule has 6 heteroatoms. The topological polar surface area (TPSA) is 52.7 Å². The third-order valence-corrected chi connectivity index (χ3v) is 4.81. The average molecular weight is 369 g/mol. The molecule has 0 bridgehead atoms. The van der Waals surface area contributed by atoms with Gasteiger partial charge >= 0.3 is 0 Å². The molecule has 1 aliphatic heterocycles. The monoisotopic (exact) mass is 369 g/mol. The highest BCUT2D eigenvalue weighted by atomic mass is 19.1. The predicted octanol–water partition coefficient (Wildman–Crippen LogP) is 2.78. The van der Waals surface area contributed by atoms with Crippen LogP contribution in [-0.2, 0) is 0 Å². The lowest BCUT2D eigenvalue weighted by Gasteiger charge is -2.19. The normalized spacial score (nSPS) is 16.3. The quantitative estimate of drug-likeness (QED) is 0.882. The highest BCUT2D eigenvalue weighted by Crippen LogP contribution is 2.23.